The summed E-state index contributed by atoms with van der Waals surface area (Å²) in [6, 6.07) is 3.88. The summed E-state index contributed by atoms with van der Waals surface area (Å²) in [6.07, 6.45) is -3.21. The van der Waals surface area contributed by atoms with Crippen molar-refractivity contribution in [1.29, 1.82) is 0 Å². The Labute approximate surface area is 192 Å². The first-order valence-electron chi connectivity index (χ1n) is 9.49. The quantitative estimate of drug-likeness (QED) is 0.380. The second-order valence-corrected chi connectivity index (χ2v) is 7.45. The molecule has 1 N–H and O–H groups in total. The number of anilines is 1. The van der Waals surface area contributed by atoms with Crippen LogP contribution in [-0.2, 0) is 6.54 Å². The fourth-order valence-electron chi connectivity index (χ4n) is 2.92. The predicted octanol–water partition coefficient (Wildman–Crippen LogP) is 4.39. The first kappa shape index (κ1) is 25.2. The van der Waals surface area contributed by atoms with Crippen LogP contribution in [0, 0.1) is 17.5 Å². The van der Waals surface area contributed by atoms with E-state index in [9.17, 15) is 35.9 Å². The summed E-state index contributed by atoms with van der Waals surface area (Å²) in [7, 11) is 0. The fraction of sp³-hybridized carbons (Fsp3) is 0.250. The van der Waals surface area contributed by atoms with Crippen molar-refractivity contribution in [2.45, 2.75) is 24.8 Å². The first-order chi connectivity index (χ1) is 16.0. The highest BCUT2D eigenvalue weighted by Gasteiger charge is 2.30. The van der Waals surface area contributed by atoms with Gasteiger partial charge in [-0.15, -0.1) is 5.10 Å². The zero-order valence-corrected chi connectivity index (χ0v) is 18.4. The number of hydrogen-bond acceptors (Lipinski definition) is 5. The van der Waals surface area contributed by atoms with Crippen LogP contribution in [0.5, 0.6) is 5.75 Å². The number of hydrogen-bond donors (Lipinski definition) is 1. The molecule has 0 saturated heterocycles. The Kier molecular flexibility index (Phi) is 7.29. The molecule has 3 rings (SSSR count). The van der Waals surface area contributed by atoms with Crippen molar-refractivity contribution in [2.24, 2.45) is 0 Å². The van der Waals surface area contributed by atoms with Crippen LogP contribution in [0.25, 0.3) is 5.69 Å². The summed E-state index contributed by atoms with van der Waals surface area (Å²) in [5.74, 6) is -5.67. The van der Waals surface area contributed by atoms with Gasteiger partial charge in [0.25, 0.3) is 5.91 Å². The van der Waals surface area contributed by atoms with Crippen molar-refractivity contribution in [3.63, 3.8) is 0 Å². The number of para-hydroxylation sites is 1. The maximum Gasteiger partial charge on any atom is 0.422 e. The Bertz CT molecular complexity index is 1270. The number of carbonyl (C=O) groups excluding carboxylic acids is 1. The molecule has 0 aliphatic rings. The van der Waals surface area contributed by atoms with Crippen LogP contribution in [0.3, 0.4) is 0 Å². The van der Waals surface area contributed by atoms with Crippen molar-refractivity contribution in [3.8, 4) is 11.4 Å². The van der Waals surface area contributed by atoms with Gasteiger partial charge in [-0.05, 0) is 31.4 Å². The van der Waals surface area contributed by atoms with E-state index in [1.807, 2.05) is 5.32 Å². The van der Waals surface area contributed by atoms with E-state index in [-0.39, 0.29) is 11.7 Å². The molecule has 1 heterocycles. The third-order valence-electron chi connectivity index (χ3n) is 4.44. The molecule has 0 atom stereocenters. The van der Waals surface area contributed by atoms with Crippen molar-refractivity contribution in [1.82, 2.24) is 14.3 Å². The molecule has 14 heteroatoms. The number of thioether (sulfide) groups is 1. The minimum absolute atomic E-state index is 0.183. The van der Waals surface area contributed by atoms with Gasteiger partial charge in [-0.3, -0.25) is 9.36 Å². The van der Waals surface area contributed by atoms with E-state index in [2.05, 4.69) is 9.84 Å². The van der Waals surface area contributed by atoms with Crippen molar-refractivity contribution >= 4 is 23.4 Å². The number of rotatable bonds is 7. The van der Waals surface area contributed by atoms with E-state index in [1.165, 1.54) is 4.57 Å². The number of benzene rings is 2. The highest BCUT2D eigenvalue weighted by Crippen LogP contribution is 2.29. The average Bonchev–Trinajstić information content (AvgIpc) is 3.09. The highest BCUT2D eigenvalue weighted by atomic mass is 32.2. The van der Waals surface area contributed by atoms with Gasteiger partial charge in [-0.1, -0.05) is 17.8 Å². The van der Waals surface area contributed by atoms with Crippen molar-refractivity contribution in [3.05, 3.63) is 63.8 Å². The monoisotopic (exact) mass is 506 g/mol. The largest absolute Gasteiger partial charge is 0.483 e. The molecule has 0 unspecified atom stereocenters. The summed E-state index contributed by atoms with van der Waals surface area (Å²) in [5, 5.41) is 6.02. The lowest BCUT2D eigenvalue weighted by molar-refractivity contribution is -0.153. The van der Waals surface area contributed by atoms with Gasteiger partial charge in [-0.25, -0.2) is 18.0 Å². The van der Waals surface area contributed by atoms with E-state index in [0.717, 1.165) is 30.0 Å². The first-order valence-corrected chi connectivity index (χ1v) is 10.7. The number of amides is 1. The predicted molar refractivity (Wildman–Crippen MR) is 111 cm³/mol. The van der Waals surface area contributed by atoms with Gasteiger partial charge >= 0.3 is 11.9 Å². The number of halogens is 6. The Morgan fingerprint density at radius 2 is 1.79 bits per heavy atom. The lowest BCUT2D eigenvalue weighted by atomic mass is 10.1. The zero-order valence-electron chi connectivity index (χ0n) is 17.5. The molecule has 0 aliphatic heterocycles. The topological polar surface area (TPSA) is 78.2 Å². The third kappa shape index (κ3) is 5.21. The van der Waals surface area contributed by atoms with Crippen LogP contribution < -0.4 is 15.7 Å². The third-order valence-corrected chi connectivity index (χ3v) is 5.11. The second-order valence-electron chi connectivity index (χ2n) is 6.68. The van der Waals surface area contributed by atoms with Gasteiger partial charge in [0, 0.05) is 12.6 Å². The van der Waals surface area contributed by atoms with E-state index in [1.54, 1.807) is 13.2 Å². The molecule has 0 fully saturated rings. The molecule has 0 bridgehead atoms. The molecule has 0 radical (unpaired) electrons. The Hall–Kier alpha value is -3.42. The van der Waals surface area contributed by atoms with Gasteiger partial charge in [0.05, 0.1) is 5.56 Å². The smallest absolute Gasteiger partial charge is 0.422 e. The van der Waals surface area contributed by atoms with E-state index in [4.69, 9.17) is 0 Å². The van der Waals surface area contributed by atoms with Crippen molar-refractivity contribution in [2.75, 3.05) is 18.2 Å². The maximum absolute atomic E-state index is 15.0. The molecule has 1 amide bonds. The van der Waals surface area contributed by atoms with E-state index in [0.29, 0.717) is 16.8 Å². The fourth-order valence-corrected chi connectivity index (χ4v) is 3.51. The Balaban J connectivity index is 2.12. The van der Waals surface area contributed by atoms with E-state index < -0.39 is 64.5 Å². The molecular formula is C20H16F6N4O3S. The zero-order chi connectivity index (χ0) is 25.2. The molecule has 0 saturated carbocycles. The molecule has 0 spiro atoms. The van der Waals surface area contributed by atoms with Gasteiger partial charge < -0.3 is 10.1 Å². The maximum atomic E-state index is 15.0. The Morgan fingerprint density at radius 3 is 2.32 bits per heavy atom. The van der Waals surface area contributed by atoms with E-state index >= 15 is 0 Å². The average molecular weight is 506 g/mol. The number of aromatic nitrogens is 3. The summed E-state index contributed by atoms with van der Waals surface area (Å²) >= 11 is 1.08. The lowest BCUT2D eigenvalue weighted by Gasteiger charge is -2.15. The van der Waals surface area contributed by atoms with Gasteiger partial charge in [-0.2, -0.15) is 17.9 Å². The molecule has 182 valence electrons. The minimum atomic E-state index is -4.83. The summed E-state index contributed by atoms with van der Waals surface area (Å²) in [4.78, 5) is 25.2. The molecule has 34 heavy (non-hydrogen) atoms. The highest BCUT2D eigenvalue weighted by molar-refractivity contribution is 7.98. The number of nitrogens with zero attached hydrogens (tertiary/aromatic N) is 3. The number of carbonyl (C=O) groups is 1. The molecular weight excluding hydrogens is 490 g/mol. The van der Waals surface area contributed by atoms with Crippen LogP contribution in [-0.4, -0.2) is 39.3 Å². The van der Waals surface area contributed by atoms with Crippen LogP contribution >= 0.6 is 11.8 Å². The molecule has 2 aromatic carbocycles. The van der Waals surface area contributed by atoms with Crippen molar-refractivity contribution < 1.29 is 35.9 Å². The second kappa shape index (κ2) is 9.83. The number of ether oxygens (including phenoxy) is 1. The molecule has 7 nitrogen and oxygen atoms in total. The summed E-state index contributed by atoms with van der Waals surface area (Å²) in [6.45, 7) is -0.0415. The van der Waals surface area contributed by atoms with Crippen LogP contribution in [0.2, 0.25) is 0 Å². The minimum Gasteiger partial charge on any atom is -0.483 e. The number of alkyl halides is 3. The van der Waals surface area contributed by atoms with Gasteiger partial charge in [0.15, 0.2) is 11.8 Å². The summed E-state index contributed by atoms with van der Waals surface area (Å²) in [5.41, 5.74) is -3.04. The SMILES string of the molecule is CCn1c(SC)nn(-c2cc(OCC(F)(F)F)c(C(=O)Nc3c(F)cccc3F)cc2F)c1=O. The van der Waals surface area contributed by atoms with Gasteiger partial charge in [0.2, 0.25) is 0 Å². The Morgan fingerprint density at radius 1 is 1.15 bits per heavy atom. The van der Waals surface area contributed by atoms with Crippen LogP contribution in [0.15, 0.2) is 40.3 Å². The summed E-state index contributed by atoms with van der Waals surface area (Å²) < 4.78 is 87.5. The van der Waals surface area contributed by atoms with Crippen LogP contribution in [0.4, 0.5) is 32.0 Å². The lowest BCUT2D eigenvalue weighted by Crippen LogP contribution is -2.25. The number of nitrogens with one attached hydrogen (secondary N) is 1. The standard InChI is InChI=1S/C20H16F6N4O3S/c1-3-29-18(34-2)28-30(19(29)32)14-8-15(33-9-20(24,25)26)10(7-13(14)23)17(31)27-16-11(21)5-4-6-12(16)22/h4-8H,3,9H2,1-2H3,(H,27,31). The molecule has 1 aromatic heterocycles. The molecule has 0 aliphatic carbocycles. The molecule has 3 aromatic rings. The normalized spacial score (nSPS) is 11.5. The van der Waals surface area contributed by atoms with Crippen LogP contribution in [0.1, 0.15) is 17.3 Å². The van der Waals surface area contributed by atoms with Gasteiger partial charge in [0.1, 0.15) is 34.6 Å².